The van der Waals surface area contributed by atoms with Crippen molar-refractivity contribution in [3.05, 3.63) is 34.9 Å². The van der Waals surface area contributed by atoms with E-state index in [1.165, 1.54) is 0 Å². The molecule has 21 heavy (non-hydrogen) atoms. The van der Waals surface area contributed by atoms with Gasteiger partial charge in [0.15, 0.2) is 0 Å². The second-order valence-corrected chi connectivity index (χ2v) is 5.46. The first-order valence-electron chi connectivity index (χ1n) is 6.95. The van der Waals surface area contributed by atoms with Gasteiger partial charge in [-0.3, -0.25) is 4.90 Å². The van der Waals surface area contributed by atoms with Crippen molar-refractivity contribution in [2.24, 2.45) is 0 Å². The summed E-state index contributed by atoms with van der Waals surface area (Å²) < 4.78 is 38.7. The lowest BCUT2D eigenvalue weighted by molar-refractivity contribution is -0.148. The Labute approximate surface area is 130 Å². The van der Waals surface area contributed by atoms with Crippen molar-refractivity contribution < 1.29 is 13.2 Å². The van der Waals surface area contributed by atoms with Gasteiger partial charge in [0.25, 0.3) is 0 Å². The Morgan fingerprint density at radius 1 is 1.14 bits per heavy atom. The molecular weight excluding hydrogens is 301 g/mol. The second-order valence-electron chi connectivity index (χ2n) is 5.46. The van der Waals surface area contributed by atoms with Crippen LogP contribution in [0.4, 0.5) is 13.2 Å². The van der Waals surface area contributed by atoms with E-state index in [1.807, 2.05) is 36.9 Å². The van der Waals surface area contributed by atoms with E-state index in [2.05, 4.69) is 5.32 Å². The van der Waals surface area contributed by atoms with E-state index in [-0.39, 0.29) is 12.4 Å². The first-order chi connectivity index (χ1) is 9.37. The van der Waals surface area contributed by atoms with Gasteiger partial charge in [0, 0.05) is 32.2 Å². The second kappa shape index (κ2) is 7.47. The summed E-state index contributed by atoms with van der Waals surface area (Å²) in [6.07, 6.45) is -4.93. The summed E-state index contributed by atoms with van der Waals surface area (Å²) in [4.78, 5) is 1.94. The van der Waals surface area contributed by atoms with Gasteiger partial charge < -0.3 is 5.32 Å². The van der Waals surface area contributed by atoms with E-state index in [0.717, 1.165) is 29.8 Å². The summed E-state index contributed by atoms with van der Waals surface area (Å²) in [7, 11) is 0. The highest BCUT2D eigenvalue weighted by molar-refractivity contribution is 5.85. The molecule has 1 saturated heterocycles. The van der Waals surface area contributed by atoms with Gasteiger partial charge in [0.05, 0.1) is 6.42 Å². The van der Waals surface area contributed by atoms with E-state index in [9.17, 15) is 13.2 Å². The molecule has 0 bridgehead atoms. The maximum atomic E-state index is 12.9. The number of nitrogens with zero attached hydrogens (tertiary/aromatic N) is 1. The van der Waals surface area contributed by atoms with Crippen molar-refractivity contribution in [3.8, 4) is 0 Å². The molecule has 0 aromatic heterocycles. The summed E-state index contributed by atoms with van der Waals surface area (Å²) in [6, 6.07) is 5.07. The van der Waals surface area contributed by atoms with Crippen LogP contribution >= 0.6 is 12.4 Å². The SMILES string of the molecule is Cc1ccc([C@@H](CC(F)(F)F)N2CCNCC2)cc1C.Cl. The van der Waals surface area contributed by atoms with Crippen molar-refractivity contribution in [3.63, 3.8) is 0 Å². The summed E-state index contributed by atoms with van der Waals surface area (Å²) >= 11 is 0. The van der Waals surface area contributed by atoms with Gasteiger partial charge in [-0.25, -0.2) is 0 Å². The number of piperazine rings is 1. The Hall–Kier alpha value is -0.780. The predicted molar refractivity (Wildman–Crippen MR) is 81.0 cm³/mol. The molecule has 0 spiro atoms. The number of hydrogen-bond acceptors (Lipinski definition) is 2. The average Bonchev–Trinajstić information content (AvgIpc) is 2.39. The highest BCUT2D eigenvalue weighted by atomic mass is 35.5. The topological polar surface area (TPSA) is 15.3 Å². The van der Waals surface area contributed by atoms with Crippen molar-refractivity contribution in [1.82, 2.24) is 10.2 Å². The lowest BCUT2D eigenvalue weighted by atomic mass is 9.97. The van der Waals surface area contributed by atoms with Gasteiger partial charge in [-0.15, -0.1) is 12.4 Å². The molecule has 1 aromatic carbocycles. The van der Waals surface area contributed by atoms with Crippen LogP contribution in [0.15, 0.2) is 18.2 Å². The fourth-order valence-corrected chi connectivity index (χ4v) is 2.64. The zero-order chi connectivity index (χ0) is 14.8. The van der Waals surface area contributed by atoms with Crippen molar-refractivity contribution in [1.29, 1.82) is 0 Å². The molecule has 1 aromatic rings. The monoisotopic (exact) mass is 322 g/mol. The minimum atomic E-state index is -4.14. The Bertz CT molecular complexity index is 457. The largest absolute Gasteiger partial charge is 0.390 e. The Morgan fingerprint density at radius 3 is 2.29 bits per heavy atom. The Kier molecular flexibility index (Phi) is 6.50. The lowest BCUT2D eigenvalue weighted by Gasteiger charge is -2.36. The minimum absolute atomic E-state index is 0. The van der Waals surface area contributed by atoms with Crippen molar-refractivity contribution in [2.75, 3.05) is 26.2 Å². The van der Waals surface area contributed by atoms with Crippen molar-refractivity contribution in [2.45, 2.75) is 32.5 Å². The fourth-order valence-electron chi connectivity index (χ4n) is 2.64. The highest BCUT2D eigenvalue weighted by Gasteiger charge is 2.35. The van der Waals surface area contributed by atoms with Crippen LogP contribution in [0, 0.1) is 13.8 Å². The van der Waals surface area contributed by atoms with Crippen LogP contribution in [0.3, 0.4) is 0 Å². The zero-order valence-electron chi connectivity index (χ0n) is 12.3. The zero-order valence-corrected chi connectivity index (χ0v) is 13.2. The van der Waals surface area contributed by atoms with Crippen LogP contribution in [0.25, 0.3) is 0 Å². The maximum absolute atomic E-state index is 12.9. The molecule has 0 amide bonds. The van der Waals surface area contributed by atoms with E-state index < -0.39 is 18.6 Å². The molecule has 0 saturated carbocycles. The third-order valence-electron chi connectivity index (χ3n) is 3.93. The summed E-state index contributed by atoms with van der Waals surface area (Å²) in [6.45, 7) is 6.74. The molecular formula is C15H22ClF3N2. The van der Waals surface area contributed by atoms with Gasteiger partial charge >= 0.3 is 6.18 Å². The summed E-state index contributed by atoms with van der Waals surface area (Å²) in [5.41, 5.74) is 2.93. The van der Waals surface area contributed by atoms with E-state index in [1.54, 1.807) is 0 Å². The maximum Gasteiger partial charge on any atom is 0.390 e. The number of halogens is 4. The molecule has 0 aliphatic carbocycles. The van der Waals surface area contributed by atoms with Gasteiger partial charge in [-0.2, -0.15) is 13.2 Å². The molecule has 1 aliphatic rings. The van der Waals surface area contributed by atoms with Crippen LogP contribution in [0.2, 0.25) is 0 Å². The molecule has 0 radical (unpaired) electrons. The molecule has 1 N–H and O–H groups in total. The van der Waals surface area contributed by atoms with Crippen LogP contribution in [-0.2, 0) is 0 Å². The fraction of sp³-hybridized carbons (Fsp3) is 0.600. The number of benzene rings is 1. The normalized spacial score (nSPS) is 18.1. The van der Waals surface area contributed by atoms with E-state index in [4.69, 9.17) is 0 Å². The van der Waals surface area contributed by atoms with Crippen LogP contribution < -0.4 is 5.32 Å². The molecule has 1 aliphatic heterocycles. The Morgan fingerprint density at radius 2 is 1.76 bits per heavy atom. The number of nitrogens with one attached hydrogen (secondary N) is 1. The average molecular weight is 323 g/mol. The van der Waals surface area contributed by atoms with Crippen LogP contribution in [0.5, 0.6) is 0 Å². The minimum Gasteiger partial charge on any atom is -0.314 e. The standard InChI is InChI=1S/C15H21F3N2.ClH/c1-11-3-4-13(9-12(11)2)14(10-15(16,17)18)20-7-5-19-6-8-20;/h3-4,9,14,19H,5-8,10H2,1-2H3;1H/t14-;/m1./s1. The summed E-state index contributed by atoms with van der Waals surface area (Å²) in [5, 5.41) is 3.18. The summed E-state index contributed by atoms with van der Waals surface area (Å²) in [5.74, 6) is 0. The molecule has 1 atom stereocenters. The number of rotatable bonds is 3. The van der Waals surface area contributed by atoms with Crippen LogP contribution in [0.1, 0.15) is 29.2 Å². The molecule has 2 nitrogen and oxygen atoms in total. The Balaban J connectivity index is 0.00000220. The van der Waals surface area contributed by atoms with E-state index >= 15 is 0 Å². The number of hydrogen-bond donors (Lipinski definition) is 1. The smallest absolute Gasteiger partial charge is 0.314 e. The van der Waals surface area contributed by atoms with Gasteiger partial charge in [-0.1, -0.05) is 18.2 Å². The molecule has 2 rings (SSSR count). The molecule has 1 heterocycles. The van der Waals surface area contributed by atoms with Crippen LogP contribution in [-0.4, -0.2) is 37.3 Å². The lowest BCUT2D eigenvalue weighted by Crippen LogP contribution is -2.46. The first kappa shape index (κ1) is 18.3. The van der Waals surface area contributed by atoms with Gasteiger partial charge in [0.1, 0.15) is 0 Å². The first-order valence-corrected chi connectivity index (χ1v) is 6.95. The quantitative estimate of drug-likeness (QED) is 0.914. The van der Waals surface area contributed by atoms with Gasteiger partial charge in [0.2, 0.25) is 0 Å². The molecule has 0 unspecified atom stereocenters. The number of aryl methyl sites for hydroxylation is 2. The third kappa shape index (κ3) is 5.16. The van der Waals surface area contributed by atoms with E-state index in [0.29, 0.717) is 13.1 Å². The molecule has 6 heteroatoms. The predicted octanol–water partition coefficient (Wildman–Crippen LogP) is 3.62. The molecule has 120 valence electrons. The highest BCUT2D eigenvalue weighted by Crippen LogP contribution is 2.34. The van der Waals surface area contributed by atoms with Gasteiger partial charge in [-0.05, 0) is 30.5 Å². The molecule has 1 fully saturated rings. The third-order valence-corrected chi connectivity index (χ3v) is 3.93. The number of alkyl halides is 3. The van der Waals surface area contributed by atoms with Crippen molar-refractivity contribution >= 4 is 12.4 Å².